The van der Waals surface area contributed by atoms with Crippen LogP contribution in [0.3, 0.4) is 0 Å². The first-order chi connectivity index (χ1) is 9.61. The van der Waals surface area contributed by atoms with E-state index in [-0.39, 0.29) is 30.6 Å². The number of amides is 1. The second-order valence-electron chi connectivity index (χ2n) is 4.77. The molecule has 110 valence electrons. The van der Waals surface area contributed by atoms with Crippen molar-refractivity contribution in [2.45, 2.75) is 18.9 Å². The van der Waals surface area contributed by atoms with Gasteiger partial charge >= 0.3 is 0 Å². The highest BCUT2D eigenvalue weighted by atomic mass is 19.1. The maximum absolute atomic E-state index is 13.7. The molecule has 2 rings (SSSR count). The highest BCUT2D eigenvalue weighted by Gasteiger charge is 2.26. The molecule has 6 heteroatoms. The number of phenols is 1. The van der Waals surface area contributed by atoms with Crippen molar-refractivity contribution in [1.29, 1.82) is 0 Å². The summed E-state index contributed by atoms with van der Waals surface area (Å²) >= 11 is 0. The van der Waals surface area contributed by atoms with Crippen LogP contribution in [0.15, 0.2) is 18.2 Å². The maximum atomic E-state index is 13.7. The Morgan fingerprint density at radius 1 is 1.50 bits per heavy atom. The van der Waals surface area contributed by atoms with Gasteiger partial charge in [-0.05, 0) is 25.0 Å². The molecule has 2 N–H and O–H groups in total. The van der Waals surface area contributed by atoms with Gasteiger partial charge in [-0.2, -0.15) is 0 Å². The van der Waals surface area contributed by atoms with E-state index in [1.54, 1.807) is 4.90 Å². The van der Waals surface area contributed by atoms with Crippen LogP contribution in [0.25, 0.3) is 0 Å². The second-order valence-corrected chi connectivity index (χ2v) is 4.77. The van der Waals surface area contributed by atoms with Crippen LogP contribution in [-0.2, 0) is 4.74 Å². The van der Waals surface area contributed by atoms with E-state index >= 15 is 0 Å². The van der Waals surface area contributed by atoms with Gasteiger partial charge in [0.1, 0.15) is 11.6 Å². The van der Waals surface area contributed by atoms with Crippen LogP contribution in [-0.4, -0.2) is 53.4 Å². The van der Waals surface area contributed by atoms with Crippen LogP contribution in [0, 0.1) is 5.82 Å². The molecule has 5 nitrogen and oxygen atoms in total. The van der Waals surface area contributed by atoms with Crippen LogP contribution >= 0.6 is 0 Å². The minimum absolute atomic E-state index is 0.0504. The van der Waals surface area contributed by atoms with E-state index in [4.69, 9.17) is 14.9 Å². The number of aromatic hydroxyl groups is 1. The number of rotatable bonds is 4. The molecule has 0 saturated carbocycles. The maximum Gasteiger partial charge on any atom is 0.256 e. The number of ether oxygens (including phenoxy) is 1. The predicted molar refractivity (Wildman–Crippen MR) is 70.0 cm³/mol. The summed E-state index contributed by atoms with van der Waals surface area (Å²) in [4.78, 5) is 13.8. The lowest BCUT2D eigenvalue weighted by Crippen LogP contribution is -2.43. The molecule has 1 atom stereocenters. The fraction of sp³-hybridized carbons (Fsp3) is 0.500. The number of likely N-dealkylation sites (tertiary alicyclic amines) is 1. The highest BCUT2D eigenvalue weighted by molar-refractivity contribution is 5.94. The molecule has 1 saturated heterocycles. The molecule has 1 aliphatic heterocycles. The fourth-order valence-electron chi connectivity index (χ4n) is 2.33. The molecule has 1 aromatic rings. The van der Waals surface area contributed by atoms with Crippen LogP contribution in [0.1, 0.15) is 23.2 Å². The van der Waals surface area contributed by atoms with Gasteiger partial charge in [0, 0.05) is 19.2 Å². The van der Waals surface area contributed by atoms with E-state index in [0.29, 0.717) is 13.1 Å². The lowest BCUT2D eigenvalue weighted by molar-refractivity contribution is -0.0111. The zero-order valence-corrected chi connectivity index (χ0v) is 11.1. The number of benzene rings is 1. The van der Waals surface area contributed by atoms with Crippen molar-refractivity contribution < 1.29 is 24.1 Å². The Hall–Kier alpha value is -1.66. The second kappa shape index (κ2) is 6.67. The van der Waals surface area contributed by atoms with Crippen LogP contribution in [0.4, 0.5) is 4.39 Å². The van der Waals surface area contributed by atoms with Gasteiger partial charge in [0.25, 0.3) is 5.91 Å². The molecule has 1 heterocycles. The number of aliphatic hydroxyl groups is 1. The van der Waals surface area contributed by atoms with Crippen molar-refractivity contribution in [3.05, 3.63) is 29.6 Å². The van der Waals surface area contributed by atoms with Gasteiger partial charge in [-0.3, -0.25) is 4.79 Å². The molecule has 0 aromatic heterocycles. The molecule has 0 aliphatic carbocycles. The first-order valence-electron chi connectivity index (χ1n) is 6.62. The van der Waals surface area contributed by atoms with Gasteiger partial charge in [-0.25, -0.2) is 4.39 Å². The number of carbonyl (C=O) groups excluding carboxylic acids is 1. The van der Waals surface area contributed by atoms with E-state index < -0.39 is 11.7 Å². The predicted octanol–water partition coefficient (Wildman–Crippen LogP) is 1.14. The van der Waals surface area contributed by atoms with E-state index in [0.717, 1.165) is 18.9 Å². The number of hydrogen-bond acceptors (Lipinski definition) is 4. The molecule has 0 radical (unpaired) electrons. The molecule has 1 amide bonds. The third-order valence-corrected chi connectivity index (χ3v) is 3.29. The van der Waals surface area contributed by atoms with Gasteiger partial charge in [-0.15, -0.1) is 0 Å². The van der Waals surface area contributed by atoms with E-state index in [2.05, 4.69) is 0 Å². The number of nitrogens with zero attached hydrogens (tertiary/aromatic N) is 1. The Balaban J connectivity index is 2.04. The average molecular weight is 283 g/mol. The molecule has 1 aliphatic rings. The summed E-state index contributed by atoms with van der Waals surface area (Å²) in [5.41, 5.74) is -0.0504. The summed E-state index contributed by atoms with van der Waals surface area (Å²) in [6.07, 6.45) is 1.48. The molecule has 1 fully saturated rings. The Bertz CT molecular complexity index is 480. The van der Waals surface area contributed by atoms with E-state index in [1.165, 1.54) is 12.1 Å². The fourth-order valence-corrected chi connectivity index (χ4v) is 2.33. The Kier molecular flexibility index (Phi) is 4.92. The number of aliphatic hydroxyl groups excluding tert-OH is 1. The van der Waals surface area contributed by atoms with Crippen LogP contribution in [0.2, 0.25) is 0 Å². The van der Waals surface area contributed by atoms with Crippen LogP contribution < -0.4 is 0 Å². The monoisotopic (exact) mass is 283 g/mol. The largest absolute Gasteiger partial charge is 0.508 e. The third-order valence-electron chi connectivity index (χ3n) is 3.29. The summed E-state index contributed by atoms with van der Waals surface area (Å²) in [5, 5.41) is 17.9. The van der Waals surface area contributed by atoms with Crippen molar-refractivity contribution in [2.75, 3.05) is 26.3 Å². The number of halogens is 1. The summed E-state index contributed by atoms with van der Waals surface area (Å²) in [6.45, 7) is 1.12. The standard InChI is InChI=1S/C14H18FNO4/c15-13-8-10(18)3-4-12(13)14(19)16-5-1-2-11(9-16)20-7-6-17/h3-4,8,11,17-18H,1-2,5-7,9H2. The molecular formula is C14H18FNO4. The minimum atomic E-state index is -0.728. The average Bonchev–Trinajstić information content (AvgIpc) is 2.45. The van der Waals surface area contributed by atoms with Crippen molar-refractivity contribution in [3.63, 3.8) is 0 Å². The Morgan fingerprint density at radius 3 is 3.00 bits per heavy atom. The summed E-state index contributed by atoms with van der Waals surface area (Å²) < 4.78 is 19.1. The normalized spacial score (nSPS) is 19.1. The van der Waals surface area contributed by atoms with Gasteiger partial charge < -0.3 is 19.8 Å². The zero-order valence-electron chi connectivity index (χ0n) is 11.1. The van der Waals surface area contributed by atoms with E-state index in [9.17, 15) is 9.18 Å². The van der Waals surface area contributed by atoms with Gasteiger partial charge in [0.2, 0.25) is 0 Å². The summed E-state index contributed by atoms with van der Waals surface area (Å²) in [5.74, 6) is -1.34. The quantitative estimate of drug-likeness (QED) is 0.869. The summed E-state index contributed by atoms with van der Waals surface area (Å²) in [7, 11) is 0. The summed E-state index contributed by atoms with van der Waals surface area (Å²) in [6, 6.07) is 3.50. The SMILES string of the molecule is O=C(c1ccc(O)cc1F)N1CCCC(OCCO)C1. The topological polar surface area (TPSA) is 70.0 Å². The molecule has 0 bridgehead atoms. The van der Waals surface area contributed by atoms with Gasteiger partial charge in [-0.1, -0.05) is 0 Å². The van der Waals surface area contributed by atoms with Gasteiger partial charge in [0.05, 0.1) is 24.9 Å². The molecule has 1 aromatic carbocycles. The molecule has 0 spiro atoms. The third kappa shape index (κ3) is 3.46. The number of phenolic OH excluding ortho intramolecular Hbond substituents is 1. The zero-order chi connectivity index (χ0) is 14.5. The number of carbonyl (C=O) groups is 1. The van der Waals surface area contributed by atoms with E-state index in [1.807, 2.05) is 0 Å². The molecule has 20 heavy (non-hydrogen) atoms. The number of piperidine rings is 1. The smallest absolute Gasteiger partial charge is 0.256 e. The lowest BCUT2D eigenvalue weighted by Gasteiger charge is -2.32. The number of hydrogen-bond donors (Lipinski definition) is 2. The minimum Gasteiger partial charge on any atom is -0.508 e. The van der Waals surface area contributed by atoms with Crippen LogP contribution in [0.5, 0.6) is 5.75 Å². The van der Waals surface area contributed by atoms with Gasteiger partial charge in [0.15, 0.2) is 0 Å². The molecule has 1 unspecified atom stereocenters. The van der Waals surface area contributed by atoms with Crippen molar-refractivity contribution >= 4 is 5.91 Å². The first kappa shape index (κ1) is 14.7. The first-order valence-corrected chi connectivity index (χ1v) is 6.62. The Labute approximate surface area is 116 Å². The van der Waals surface area contributed by atoms with Crippen molar-refractivity contribution in [1.82, 2.24) is 4.90 Å². The lowest BCUT2D eigenvalue weighted by atomic mass is 10.1. The molecular weight excluding hydrogens is 265 g/mol. The highest BCUT2D eigenvalue weighted by Crippen LogP contribution is 2.20. The van der Waals surface area contributed by atoms with Crippen molar-refractivity contribution in [3.8, 4) is 5.75 Å². The Morgan fingerprint density at radius 2 is 2.30 bits per heavy atom. The van der Waals surface area contributed by atoms with Crippen molar-refractivity contribution in [2.24, 2.45) is 0 Å².